The van der Waals surface area contributed by atoms with E-state index in [1.807, 2.05) is 0 Å². The molecule has 0 aliphatic heterocycles. The van der Waals surface area contributed by atoms with Crippen molar-refractivity contribution in [3.05, 3.63) is 0 Å². The van der Waals surface area contributed by atoms with Gasteiger partial charge in [-0.2, -0.15) is 10.1 Å². The molecule has 68 heavy (non-hydrogen) atoms. The molecule has 0 aromatic rings. The molecule has 0 bridgehead atoms. The van der Waals surface area contributed by atoms with Crippen molar-refractivity contribution in [1.82, 2.24) is 10.1 Å². The predicted molar refractivity (Wildman–Crippen MR) is 299 cm³/mol. The van der Waals surface area contributed by atoms with Crippen molar-refractivity contribution in [1.29, 1.82) is 0 Å². The molecule has 8 heteroatoms. The smallest absolute Gasteiger partial charge is 0.296 e. The fourth-order valence-corrected chi connectivity index (χ4v) is 10.1. The summed E-state index contributed by atoms with van der Waals surface area (Å²) in [5.74, 6) is 0. The van der Waals surface area contributed by atoms with Crippen molar-refractivity contribution in [2.24, 2.45) is 0 Å². The molecule has 0 rings (SSSR count). The Kier molecular flexibility index (Phi) is 61.0. The average molecular weight is 985 g/mol. The maximum Gasteiger partial charge on any atom is 0.697 e. The number of hydrogen-bond donors (Lipinski definition) is 0. The molecule has 0 saturated heterocycles. The van der Waals surface area contributed by atoms with E-state index in [-0.39, 0.29) is 13.2 Å². The summed E-state index contributed by atoms with van der Waals surface area (Å²) >= 11 is 0. The Morgan fingerprint density at radius 3 is 0.574 bits per heavy atom. The molecule has 408 valence electrons. The average Bonchev–Trinajstić information content (AvgIpc) is 3.34. The fraction of sp³-hybridized carbons (Fsp3) is 1.00. The summed E-state index contributed by atoms with van der Waals surface area (Å²) in [5, 5.41) is 4.33. The van der Waals surface area contributed by atoms with E-state index in [2.05, 4.69) is 37.8 Å². The van der Waals surface area contributed by atoms with Crippen molar-refractivity contribution in [3.63, 3.8) is 0 Å². The van der Waals surface area contributed by atoms with Crippen molar-refractivity contribution in [3.8, 4) is 0 Å². The highest BCUT2D eigenvalue weighted by Gasteiger charge is 2.21. The molecule has 0 saturated carbocycles. The van der Waals surface area contributed by atoms with Crippen LogP contribution in [0.25, 0.3) is 0 Å². The summed E-state index contributed by atoms with van der Waals surface area (Å²) in [4.78, 5) is 12.5. The quantitative estimate of drug-likeness (QED) is 0.0342. The van der Waals surface area contributed by atoms with Crippen LogP contribution in [-0.2, 0) is 23.3 Å². The van der Waals surface area contributed by atoms with Gasteiger partial charge in [-0.15, -0.1) is 9.05 Å². The SMILES string of the molecule is CCCCCCCCCCCCCCN(CCCCCCCCCCCCCC)OCCO[P+](=O)OCCON(CCCCCCCCCCCCCC)CCCCCCCCCCCCCC. The van der Waals surface area contributed by atoms with Crippen LogP contribution in [0, 0.1) is 0 Å². The van der Waals surface area contributed by atoms with Crippen LogP contribution in [0.4, 0.5) is 0 Å². The zero-order valence-corrected chi connectivity index (χ0v) is 47.9. The van der Waals surface area contributed by atoms with E-state index in [0.717, 1.165) is 26.2 Å². The lowest BCUT2D eigenvalue weighted by molar-refractivity contribution is -0.168. The van der Waals surface area contributed by atoms with E-state index < -0.39 is 8.25 Å². The minimum atomic E-state index is -2.20. The largest absolute Gasteiger partial charge is 0.697 e. The van der Waals surface area contributed by atoms with Crippen LogP contribution in [0.15, 0.2) is 0 Å². The van der Waals surface area contributed by atoms with E-state index in [1.54, 1.807) is 0 Å². The van der Waals surface area contributed by atoms with E-state index in [1.165, 1.54) is 308 Å². The fourth-order valence-electron chi connectivity index (χ4n) is 9.59. The Morgan fingerprint density at radius 2 is 0.397 bits per heavy atom. The van der Waals surface area contributed by atoms with Crippen LogP contribution in [-0.4, -0.2) is 62.7 Å². The molecule has 0 spiro atoms. The van der Waals surface area contributed by atoms with Gasteiger partial charge in [-0.25, -0.2) is 0 Å². The van der Waals surface area contributed by atoms with Crippen LogP contribution in [0.3, 0.4) is 0 Å². The Labute approximate surface area is 428 Å². The molecule has 0 N–H and O–H groups in total. The summed E-state index contributed by atoms with van der Waals surface area (Å²) < 4.78 is 23.9. The van der Waals surface area contributed by atoms with Gasteiger partial charge in [0.2, 0.25) is 0 Å². The van der Waals surface area contributed by atoms with E-state index in [0.29, 0.717) is 13.2 Å². The standard InChI is InChI=1S/C60H124N2O5P/c1-5-9-13-17-21-25-29-33-37-41-45-49-53-61(54-50-46-42-38-34-30-26-22-18-14-10-6-2)64-57-59-66-68(63)67-60-58-65-62(55-51-47-43-39-35-31-27-23-19-15-11-7-3)56-52-48-44-40-36-32-28-24-20-16-12-8-4/h5-60H2,1-4H3/q+1. The van der Waals surface area contributed by atoms with E-state index in [9.17, 15) is 4.57 Å². The van der Waals surface area contributed by atoms with Crippen LogP contribution in [0.1, 0.15) is 336 Å². The molecule has 0 unspecified atom stereocenters. The molecular formula is C60H124N2O5P+. The third-order valence-corrected chi connectivity index (χ3v) is 14.9. The van der Waals surface area contributed by atoms with Gasteiger partial charge >= 0.3 is 8.25 Å². The first kappa shape index (κ1) is 67.9. The molecule has 0 atom stereocenters. The maximum absolute atomic E-state index is 12.7. The second kappa shape index (κ2) is 61.2. The monoisotopic (exact) mass is 984 g/mol. The van der Waals surface area contributed by atoms with Crippen molar-refractivity contribution >= 4 is 8.25 Å². The molecule has 0 aromatic carbocycles. The van der Waals surface area contributed by atoms with Crippen LogP contribution in [0.2, 0.25) is 0 Å². The topological polar surface area (TPSA) is 60.5 Å². The van der Waals surface area contributed by atoms with Crippen molar-refractivity contribution < 1.29 is 23.3 Å². The van der Waals surface area contributed by atoms with Crippen LogP contribution < -0.4 is 0 Å². The lowest BCUT2D eigenvalue weighted by Gasteiger charge is -2.21. The lowest BCUT2D eigenvalue weighted by atomic mass is 10.0. The maximum atomic E-state index is 12.7. The van der Waals surface area contributed by atoms with E-state index in [4.69, 9.17) is 18.7 Å². The molecule has 0 radical (unpaired) electrons. The van der Waals surface area contributed by atoms with Gasteiger partial charge in [-0.3, -0.25) is 9.68 Å². The van der Waals surface area contributed by atoms with Crippen molar-refractivity contribution in [2.45, 2.75) is 336 Å². The number of rotatable bonds is 62. The van der Waals surface area contributed by atoms with Gasteiger partial charge in [-0.05, 0) is 25.7 Å². The third kappa shape index (κ3) is 56.8. The lowest BCUT2D eigenvalue weighted by Crippen LogP contribution is -2.28. The third-order valence-electron chi connectivity index (χ3n) is 14.2. The summed E-state index contributed by atoms with van der Waals surface area (Å²) in [7, 11) is -2.20. The van der Waals surface area contributed by atoms with Gasteiger partial charge in [0.25, 0.3) is 0 Å². The Morgan fingerprint density at radius 1 is 0.235 bits per heavy atom. The van der Waals surface area contributed by atoms with Gasteiger partial charge in [0.05, 0.1) is 13.2 Å². The van der Waals surface area contributed by atoms with Crippen LogP contribution in [0.5, 0.6) is 0 Å². The first-order valence-electron chi connectivity index (χ1n) is 31.2. The van der Waals surface area contributed by atoms with Crippen LogP contribution >= 0.6 is 8.25 Å². The molecule has 7 nitrogen and oxygen atoms in total. The second-order valence-corrected chi connectivity index (χ2v) is 21.9. The minimum absolute atomic E-state index is 0.271. The van der Waals surface area contributed by atoms with Gasteiger partial charge in [0.15, 0.2) is 0 Å². The first-order valence-corrected chi connectivity index (χ1v) is 32.3. The molecule has 0 amide bonds. The molecule has 0 aromatic heterocycles. The normalized spacial score (nSPS) is 11.9. The zero-order chi connectivity index (χ0) is 49.2. The second-order valence-electron chi connectivity index (χ2n) is 21.0. The predicted octanol–water partition coefficient (Wildman–Crippen LogP) is 20.9. The minimum Gasteiger partial charge on any atom is -0.296 e. The Hall–Kier alpha value is -0.140. The molecule has 0 aliphatic carbocycles. The number of nitrogens with zero attached hydrogens (tertiary/aromatic N) is 2. The summed E-state index contributed by atoms with van der Waals surface area (Å²) in [6, 6.07) is 0. The molecule has 0 aliphatic rings. The summed E-state index contributed by atoms with van der Waals surface area (Å²) in [5.41, 5.74) is 0. The Balaban J connectivity index is 4.54. The van der Waals surface area contributed by atoms with E-state index >= 15 is 0 Å². The van der Waals surface area contributed by atoms with Gasteiger partial charge in [0.1, 0.15) is 13.2 Å². The highest BCUT2D eigenvalue weighted by molar-refractivity contribution is 7.33. The van der Waals surface area contributed by atoms with Crippen molar-refractivity contribution in [2.75, 3.05) is 52.6 Å². The van der Waals surface area contributed by atoms with Gasteiger partial charge < -0.3 is 0 Å². The zero-order valence-electron chi connectivity index (χ0n) is 47.0. The first-order chi connectivity index (χ1) is 33.7. The highest BCUT2D eigenvalue weighted by Crippen LogP contribution is 2.23. The number of hydrogen-bond acceptors (Lipinski definition) is 7. The highest BCUT2D eigenvalue weighted by atomic mass is 31.1. The molecule has 0 fully saturated rings. The summed E-state index contributed by atoms with van der Waals surface area (Å²) in [6.45, 7) is 14.4. The molecule has 0 heterocycles. The van der Waals surface area contributed by atoms with Gasteiger partial charge in [-0.1, -0.05) is 310 Å². The number of unbranched alkanes of at least 4 members (excludes halogenated alkanes) is 44. The Bertz CT molecular complexity index is 804. The van der Waals surface area contributed by atoms with Gasteiger partial charge in [0, 0.05) is 30.7 Å². The molecular weight excluding hydrogens is 860 g/mol. The number of hydroxylamine groups is 4. The summed E-state index contributed by atoms with van der Waals surface area (Å²) in [6.07, 6.45) is 65.2.